The van der Waals surface area contributed by atoms with E-state index in [0.717, 1.165) is 24.5 Å². The van der Waals surface area contributed by atoms with Gasteiger partial charge in [-0.3, -0.25) is 0 Å². The van der Waals surface area contributed by atoms with Crippen molar-refractivity contribution in [3.63, 3.8) is 0 Å². The summed E-state index contributed by atoms with van der Waals surface area (Å²) in [5.41, 5.74) is -1.13. The molecule has 0 unspecified atom stereocenters. The van der Waals surface area contributed by atoms with Crippen LogP contribution in [0.1, 0.15) is 13.8 Å². The molecule has 0 spiro atoms. The van der Waals surface area contributed by atoms with E-state index >= 15 is 0 Å². The Morgan fingerprint density at radius 2 is 1.71 bits per heavy atom. The normalized spacial score (nSPS) is 13.4. The molecule has 1 rings (SSSR count). The number of hydrogen-bond acceptors (Lipinski definition) is 4. The van der Waals surface area contributed by atoms with E-state index in [2.05, 4.69) is 4.72 Å². The third-order valence-electron chi connectivity index (χ3n) is 2.37. The first-order chi connectivity index (χ1) is 9.34. The van der Waals surface area contributed by atoms with E-state index in [1.165, 1.54) is 13.8 Å². The highest BCUT2D eigenvalue weighted by Crippen LogP contribution is 2.17. The summed E-state index contributed by atoms with van der Waals surface area (Å²) in [5, 5.41) is 0. The van der Waals surface area contributed by atoms with Crippen LogP contribution in [-0.2, 0) is 20.0 Å². The standard InChI is InChI=1S/C11H16F2N2O4S2/c1-11(2,15-20(3,16)17)7-14-21(18,19)9-6-4-5-8(12)10(9)13/h4-6,14-15H,7H2,1-3H3. The lowest BCUT2D eigenvalue weighted by Crippen LogP contribution is -2.51. The van der Waals surface area contributed by atoms with Crippen LogP contribution < -0.4 is 9.44 Å². The number of halogens is 2. The van der Waals surface area contributed by atoms with Crippen molar-refractivity contribution in [3.8, 4) is 0 Å². The van der Waals surface area contributed by atoms with Crippen LogP contribution in [0.3, 0.4) is 0 Å². The van der Waals surface area contributed by atoms with Gasteiger partial charge in [0, 0.05) is 12.1 Å². The highest BCUT2D eigenvalue weighted by Gasteiger charge is 2.27. The SMILES string of the molecule is CC(C)(CNS(=O)(=O)c1cccc(F)c1F)NS(C)(=O)=O. The maximum Gasteiger partial charge on any atom is 0.243 e. The molecule has 0 saturated carbocycles. The van der Waals surface area contributed by atoms with E-state index in [-0.39, 0.29) is 6.54 Å². The van der Waals surface area contributed by atoms with E-state index in [0.29, 0.717) is 0 Å². The Kier molecular flexibility index (Phi) is 5.09. The Morgan fingerprint density at radius 1 is 1.14 bits per heavy atom. The molecule has 0 aromatic heterocycles. The van der Waals surface area contributed by atoms with Gasteiger partial charge in [0.25, 0.3) is 0 Å². The van der Waals surface area contributed by atoms with Crippen molar-refractivity contribution in [2.75, 3.05) is 12.8 Å². The van der Waals surface area contributed by atoms with Gasteiger partial charge in [-0.05, 0) is 26.0 Å². The molecule has 2 N–H and O–H groups in total. The summed E-state index contributed by atoms with van der Waals surface area (Å²) in [6.45, 7) is 2.55. The summed E-state index contributed by atoms with van der Waals surface area (Å²) in [6.07, 6.45) is 0.926. The Hall–Kier alpha value is -1.10. The first-order valence-electron chi connectivity index (χ1n) is 5.77. The summed E-state index contributed by atoms with van der Waals surface area (Å²) in [5.74, 6) is -2.77. The quantitative estimate of drug-likeness (QED) is 0.791. The summed E-state index contributed by atoms with van der Waals surface area (Å²) in [4.78, 5) is -0.836. The number of hydrogen-bond donors (Lipinski definition) is 2. The zero-order valence-electron chi connectivity index (χ0n) is 11.6. The number of benzene rings is 1. The van der Waals surface area contributed by atoms with Gasteiger partial charge in [-0.25, -0.2) is 35.1 Å². The molecule has 0 radical (unpaired) electrons. The molecule has 21 heavy (non-hydrogen) atoms. The highest BCUT2D eigenvalue weighted by atomic mass is 32.2. The van der Waals surface area contributed by atoms with Crippen molar-refractivity contribution in [1.29, 1.82) is 0 Å². The van der Waals surface area contributed by atoms with Crippen molar-refractivity contribution in [2.24, 2.45) is 0 Å². The van der Waals surface area contributed by atoms with Gasteiger partial charge in [-0.1, -0.05) is 6.07 Å². The molecule has 0 saturated heterocycles. The lowest BCUT2D eigenvalue weighted by atomic mass is 10.1. The number of rotatable bonds is 6. The molecule has 0 amide bonds. The molecule has 1 aromatic carbocycles. The summed E-state index contributed by atoms with van der Waals surface area (Å²) in [7, 11) is -7.85. The van der Waals surface area contributed by atoms with Gasteiger partial charge in [0.15, 0.2) is 11.6 Å². The zero-order chi connectivity index (χ0) is 16.5. The first kappa shape index (κ1) is 18.0. The predicted molar refractivity (Wildman–Crippen MR) is 73.6 cm³/mol. The Labute approximate surface area is 122 Å². The third-order valence-corrected chi connectivity index (χ3v) is 4.71. The van der Waals surface area contributed by atoms with Crippen LogP contribution in [0.25, 0.3) is 0 Å². The van der Waals surface area contributed by atoms with Crippen LogP contribution in [0.5, 0.6) is 0 Å². The molecule has 6 nitrogen and oxygen atoms in total. The molecule has 120 valence electrons. The van der Waals surface area contributed by atoms with Crippen LogP contribution in [0.4, 0.5) is 8.78 Å². The van der Waals surface area contributed by atoms with Crippen LogP contribution in [0.15, 0.2) is 23.1 Å². The lowest BCUT2D eigenvalue weighted by molar-refractivity contribution is 0.443. The van der Waals surface area contributed by atoms with Crippen molar-refractivity contribution < 1.29 is 25.6 Å². The summed E-state index contributed by atoms with van der Waals surface area (Å²) in [6, 6.07) is 2.77. The van der Waals surface area contributed by atoms with E-state index < -0.39 is 42.1 Å². The second kappa shape index (κ2) is 5.95. The lowest BCUT2D eigenvalue weighted by Gasteiger charge is -2.25. The van der Waals surface area contributed by atoms with E-state index in [9.17, 15) is 25.6 Å². The van der Waals surface area contributed by atoms with Gasteiger partial charge in [0.2, 0.25) is 20.0 Å². The van der Waals surface area contributed by atoms with Crippen molar-refractivity contribution in [3.05, 3.63) is 29.8 Å². The molecule has 0 heterocycles. The van der Waals surface area contributed by atoms with Gasteiger partial charge in [-0.15, -0.1) is 0 Å². The molecular formula is C11H16F2N2O4S2. The molecule has 0 aliphatic rings. The van der Waals surface area contributed by atoms with Crippen LogP contribution >= 0.6 is 0 Å². The van der Waals surface area contributed by atoms with Crippen molar-refractivity contribution >= 4 is 20.0 Å². The minimum Gasteiger partial charge on any atom is -0.213 e. The molecule has 0 aliphatic carbocycles. The first-order valence-corrected chi connectivity index (χ1v) is 9.14. The van der Waals surface area contributed by atoms with Gasteiger partial charge in [0.05, 0.1) is 6.26 Å². The fraction of sp³-hybridized carbons (Fsp3) is 0.455. The maximum atomic E-state index is 13.5. The van der Waals surface area contributed by atoms with Crippen LogP contribution in [0, 0.1) is 11.6 Å². The minimum absolute atomic E-state index is 0.335. The van der Waals surface area contributed by atoms with Gasteiger partial charge in [0.1, 0.15) is 4.90 Å². The monoisotopic (exact) mass is 342 g/mol. The predicted octanol–water partition coefficient (Wildman–Crippen LogP) is 0.571. The van der Waals surface area contributed by atoms with E-state index in [1.807, 2.05) is 4.72 Å². The minimum atomic E-state index is -4.30. The number of nitrogens with one attached hydrogen (secondary N) is 2. The molecule has 0 fully saturated rings. The molecule has 0 aliphatic heterocycles. The van der Waals surface area contributed by atoms with E-state index in [4.69, 9.17) is 0 Å². The molecule has 0 atom stereocenters. The van der Waals surface area contributed by atoms with Gasteiger partial charge >= 0.3 is 0 Å². The van der Waals surface area contributed by atoms with Crippen LogP contribution in [-0.4, -0.2) is 35.2 Å². The molecule has 1 aromatic rings. The second-order valence-electron chi connectivity index (χ2n) is 5.13. The summed E-state index contributed by atoms with van der Waals surface area (Å²) < 4.78 is 76.9. The second-order valence-corrected chi connectivity index (χ2v) is 8.62. The number of sulfonamides is 2. The van der Waals surface area contributed by atoms with Gasteiger partial charge in [-0.2, -0.15) is 0 Å². The Balaban J connectivity index is 2.95. The average molecular weight is 342 g/mol. The fourth-order valence-electron chi connectivity index (χ4n) is 1.58. The van der Waals surface area contributed by atoms with E-state index in [1.54, 1.807) is 0 Å². The molecule has 0 bridgehead atoms. The Bertz CT molecular complexity index is 731. The topological polar surface area (TPSA) is 92.3 Å². The molecular weight excluding hydrogens is 326 g/mol. The molecule has 10 heteroatoms. The van der Waals surface area contributed by atoms with Crippen LogP contribution in [0.2, 0.25) is 0 Å². The average Bonchev–Trinajstić information content (AvgIpc) is 2.27. The Morgan fingerprint density at radius 3 is 2.24 bits per heavy atom. The third kappa shape index (κ3) is 5.30. The summed E-state index contributed by atoms with van der Waals surface area (Å²) >= 11 is 0. The van der Waals surface area contributed by atoms with Crippen molar-refractivity contribution in [2.45, 2.75) is 24.3 Å². The van der Waals surface area contributed by atoms with Gasteiger partial charge < -0.3 is 0 Å². The van der Waals surface area contributed by atoms with Crippen molar-refractivity contribution in [1.82, 2.24) is 9.44 Å². The smallest absolute Gasteiger partial charge is 0.213 e. The fourth-order valence-corrected chi connectivity index (χ4v) is 3.96. The highest BCUT2D eigenvalue weighted by molar-refractivity contribution is 7.89. The zero-order valence-corrected chi connectivity index (χ0v) is 13.3. The maximum absolute atomic E-state index is 13.5. The largest absolute Gasteiger partial charge is 0.243 e.